The summed E-state index contributed by atoms with van der Waals surface area (Å²) in [5.74, 6) is -0.173. The lowest BCUT2D eigenvalue weighted by Crippen LogP contribution is -2.12. The van der Waals surface area contributed by atoms with Gasteiger partial charge in [-0.15, -0.1) is 0 Å². The molecule has 0 aliphatic heterocycles. The molecule has 0 amide bonds. The topological polar surface area (TPSA) is 41.5 Å². The number of aliphatic hydroxyl groups excluding tert-OH is 1. The van der Waals surface area contributed by atoms with E-state index in [9.17, 15) is 9.50 Å². The van der Waals surface area contributed by atoms with E-state index >= 15 is 0 Å². The van der Waals surface area contributed by atoms with Crippen LogP contribution in [0.4, 0.5) is 10.1 Å². The minimum absolute atomic E-state index is 0.238. The van der Waals surface area contributed by atoms with Crippen LogP contribution in [0.25, 0.3) is 0 Å². The summed E-state index contributed by atoms with van der Waals surface area (Å²) in [4.78, 5) is 0. The molecular formula is C16H18FNO2. The van der Waals surface area contributed by atoms with E-state index in [4.69, 9.17) is 4.74 Å². The molecular weight excluding hydrogens is 257 g/mol. The Labute approximate surface area is 118 Å². The Hall–Kier alpha value is -2.07. The minimum Gasteiger partial charge on any atom is -0.491 e. The van der Waals surface area contributed by atoms with Crippen LogP contribution in [-0.2, 0) is 0 Å². The number of anilines is 1. The number of aliphatic hydroxyl groups is 1. The van der Waals surface area contributed by atoms with Gasteiger partial charge < -0.3 is 15.2 Å². The molecule has 0 spiro atoms. The van der Waals surface area contributed by atoms with Gasteiger partial charge in [0.15, 0.2) is 11.6 Å². The van der Waals surface area contributed by atoms with E-state index in [1.807, 2.05) is 37.3 Å². The van der Waals surface area contributed by atoms with Gasteiger partial charge in [-0.2, -0.15) is 0 Å². The third-order valence-corrected chi connectivity index (χ3v) is 2.92. The van der Waals surface area contributed by atoms with Crippen molar-refractivity contribution in [3.63, 3.8) is 0 Å². The van der Waals surface area contributed by atoms with Crippen molar-refractivity contribution >= 4 is 5.69 Å². The van der Waals surface area contributed by atoms with Gasteiger partial charge >= 0.3 is 0 Å². The van der Waals surface area contributed by atoms with Crippen LogP contribution >= 0.6 is 0 Å². The molecule has 0 aromatic heterocycles. The van der Waals surface area contributed by atoms with E-state index < -0.39 is 11.9 Å². The van der Waals surface area contributed by atoms with Crippen molar-refractivity contribution in [2.45, 2.75) is 13.0 Å². The molecule has 2 N–H and O–H groups in total. The zero-order valence-corrected chi connectivity index (χ0v) is 11.3. The number of benzene rings is 2. The molecule has 2 rings (SSSR count). The van der Waals surface area contributed by atoms with E-state index in [2.05, 4.69) is 5.32 Å². The second-order valence-electron chi connectivity index (χ2n) is 4.39. The van der Waals surface area contributed by atoms with Crippen molar-refractivity contribution in [1.82, 2.24) is 0 Å². The second kappa shape index (κ2) is 6.91. The normalized spacial score (nSPS) is 11.9. The SMILES string of the molecule is CCOc1ccc(NCC(O)c2ccccc2)cc1F. The lowest BCUT2D eigenvalue weighted by molar-refractivity contribution is 0.191. The highest BCUT2D eigenvalue weighted by Gasteiger charge is 2.08. The number of hydrogen-bond acceptors (Lipinski definition) is 3. The number of ether oxygens (including phenoxy) is 1. The van der Waals surface area contributed by atoms with Crippen molar-refractivity contribution in [3.05, 3.63) is 59.9 Å². The summed E-state index contributed by atoms with van der Waals surface area (Å²) in [6.07, 6.45) is -0.633. The van der Waals surface area contributed by atoms with Gasteiger partial charge in [-0.1, -0.05) is 30.3 Å². The molecule has 0 saturated carbocycles. The smallest absolute Gasteiger partial charge is 0.167 e. The van der Waals surface area contributed by atoms with Crippen molar-refractivity contribution in [2.75, 3.05) is 18.5 Å². The number of rotatable bonds is 6. The predicted octanol–water partition coefficient (Wildman–Crippen LogP) is 3.37. The van der Waals surface area contributed by atoms with Crippen LogP contribution in [0.5, 0.6) is 5.75 Å². The van der Waals surface area contributed by atoms with Crippen LogP contribution in [0, 0.1) is 5.82 Å². The fraction of sp³-hybridized carbons (Fsp3) is 0.250. The van der Waals surface area contributed by atoms with Gasteiger partial charge in [0.1, 0.15) is 0 Å². The maximum absolute atomic E-state index is 13.7. The summed E-state index contributed by atoms with van der Waals surface area (Å²) in [5, 5.41) is 13.0. The maximum Gasteiger partial charge on any atom is 0.167 e. The molecule has 20 heavy (non-hydrogen) atoms. The average Bonchev–Trinajstić information content (AvgIpc) is 2.48. The van der Waals surface area contributed by atoms with Crippen molar-refractivity contribution < 1.29 is 14.2 Å². The van der Waals surface area contributed by atoms with E-state index in [-0.39, 0.29) is 5.75 Å². The molecule has 4 heteroatoms. The Balaban J connectivity index is 1.96. The van der Waals surface area contributed by atoms with Crippen molar-refractivity contribution in [2.24, 2.45) is 0 Å². The molecule has 0 radical (unpaired) electrons. The third kappa shape index (κ3) is 3.71. The summed E-state index contributed by atoms with van der Waals surface area (Å²) < 4.78 is 18.8. The van der Waals surface area contributed by atoms with Gasteiger partial charge in [0.2, 0.25) is 0 Å². The molecule has 1 atom stereocenters. The summed E-state index contributed by atoms with van der Waals surface area (Å²) in [6, 6.07) is 14.0. The van der Waals surface area contributed by atoms with E-state index in [1.54, 1.807) is 12.1 Å². The highest BCUT2D eigenvalue weighted by atomic mass is 19.1. The Kier molecular flexibility index (Phi) is 4.96. The zero-order valence-electron chi connectivity index (χ0n) is 11.3. The molecule has 1 unspecified atom stereocenters. The molecule has 106 valence electrons. The largest absolute Gasteiger partial charge is 0.491 e. The quantitative estimate of drug-likeness (QED) is 0.849. The van der Waals surface area contributed by atoms with Gasteiger partial charge in [0.25, 0.3) is 0 Å². The average molecular weight is 275 g/mol. The standard InChI is InChI=1S/C16H18FNO2/c1-2-20-16-9-8-13(10-14(16)17)18-11-15(19)12-6-4-3-5-7-12/h3-10,15,18-19H,2,11H2,1H3. The predicted molar refractivity (Wildman–Crippen MR) is 77.5 cm³/mol. The molecule has 0 bridgehead atoms. The van der Waals surface area contributed by atoms with Crippen LogP contribution in [0.15, 0.2) is 48.5 Å². The van der Waals surface area contributed by atoms with Crippen molar-refractivity contribution in [1.29, 1.82) is 0 Å². The van der Waals surface area contributed by atoms with Crippen LogP contribution in [0.2, 0.25) is 0 Å². The summed E-state index contributed by atoms with van der Waals surface area (Å²) >= 11 is 0. The Bertz CT molecular complexity index is 545. The van der Waals surface area contributed by atoms with E-state index in [1.165, 1.54) is 6.07 Å². The van der Waals surface area contributed by atoms with Gasteiger partial charge in [0, 0.05) is 18.3 Å². The number of nitrogens with one attached hydrogen (secondary N) is 1. The molecule has 2 aromatic rings. The lowest BCUT2D eigenvalue weighted by atomic mass is 10.1. The third-order valence-electron chi connectivity index (χ3n) is 2.92. The van der Waals surface area contributed by atoms with Gasteiger partial charge in [-0.05, 0) is 24.6 Å². The Morgan fingerprint density at radius 3 is 2.60 bits per heavy atom. The molecule has 0 aliphatic rings. The minimum atomic E-state index is -0.633. The number of hydrogen-bond donors (Lipinski definition) is 2. The highest BCUT2D eigenvalue weighted by molar-refractivity contribution is 5.47. The van der Waals surface area contributed by atoms with Crippen molar-refractivity contribution in [3.8, 4) is 5.75 Å². The number of halogens is 1. The van der Waals surface area contributed by atoms with Crippen LogP contribution in [0.3, 0.4) is 0 Å². The maximum atomic E-state index is 13.7. The molecule has 2 aromatic carbocycles. The van der Waals surface area contributed by atoms with Crippen LogP contribution in [-0.4, -0.2) is 18.3 Å². The summed E-state index contributed by atoms with van der Waals surface area (Å²) in [7, 11) is 0. The monoisotopic (exact) mass is 275 g/mol. The first-order valence-electron chi connectivity index (χ1n) is 6.60. The molecule has 3 nitrogen and oxygen atoms in total. The molecule has 0 heterocycles. The van der Waals surface area contributed by atoms with Gasteiger partial charge in [-0.25, -0.2) is 4.39 Å². The van der Waals surface area contributed by atoms with Gasteiger partial charge in [-0.3, -0.25) is 0 Å². The Morgan fingerprint density at radius 1 is 1.20 bits per heavy atom. The Morgan fingerprint density at radius 2 is 1.95 bits per heavy atom. The van der Waals surface area contributed by atoms with Gasteiger partial charge in [0.05, 0.1) is 12.7 Å². The summed E-state index contributed by atoms with van der Waals surface area (Å²) in [5.41, 5.74) is 1.44. The highest BCUT2D eigenvalue weighted by Crippen LogP contribution is 2.22. The first-order chi connectivity index (χ1) is 9.70. The zero-order chi connectivity index (χ0) is 14.4. The van der Waals surface area contributed by atoms with E-state index in [0.717, 1.165) is 5.56 Å². The lowest BCUT2D eigenvalue weighted by Gasteiger charge is -2.14. The van der Waals surface area contributed by atoms with Crippen LogP contribution in [0.1, 0.15) is 18.6 Å². The molecule has 0 aliphatic carbocycles. The fourth-order valence-corrected chi connectivity index (χ4v) is 1.89. The van der Waals surface area contributed by atoms with Crippen LogP contribution < -0.4 is 10.1 Å². The molecule has 0 fully saturated rings. The molecule has 0 saturated heterocycles. The van der Waals surface area contributed by atoms with E-state index in [0.29, 0.717) is 18.8 Å². The first kappa shape index (κ1) is 14.3. The summed E-state index contributed by atoms with van der Waals surface area (Å²) in [6.45, 7) is 2.55. The first-order valence-corrected chi connectivity index (χ1v) is 6.60. The second-order valence-corrected chi connectivity index (χ2v) is 4.39. The fourth-order valence-electron chi connectivity index (χ4n) is 1.89.